The average molecular weight is 262 g/mol. The van der Waals surface area contributed by atoms with Gasteiger partial charge >= 0.3 is 6.18 Å². The van der Waals surface area contributed by atoms with Crippen LogP contribution in [0.15, 0.2) is 16.5 Å². The van der Waals surface area contributed by atoms with Crippen LogP contribution in [0.1, 0.15) is 17.3 Å². The highest BCUT2D eigenvalue weighted by molar-refractivity contribution is 5.17. The molecule has 0 aliphatic carbocycles. The van der Waals surface area contributed by atoms with Crippen LogP contribution in [0.25, 0.3) is 0 Å². The summed E-state index contributed by atoms with van der Waals surface area (Å²) >= 11 is 0. The Kier molecular flexibility index (Phi) is 2.85. The van der Waals surface area contributed by atoms with Crippen molar-refractivity contribution in [2.45, 2.75) is 25.1 Å². The van der Waals surface area contributed by atoms with E-state index in [1.54, 1.807) is 0 Å². The first-order chi connectivity index (χ1) is 8.33. The third kappa shape index (κ3) is 2.08. The summed E-state index contributed by atoms with van der Waals surface area (Å²) in [7, 11) is 0. The molecule has 0 amide bonds. The zero-order valence-corrected chi connectivity index (χ0v) is 9.19. The fourth-order valence-corrected chi connectivity index (χ4v) is 1.47. The molecule has 18 heavy (non-hydrogen) atoms. The minimum Gasteiger partial charge on any atom is -0.463 e. The number of nitrogens with zero attached hydrogens (tertiary/aromatic N) is 3. The van der Waals surface area contributed by atoms with Crippen molar-refractivity contribution < 1.29 is 22.7 Å². The van der Waals surface area contributed by atoms with Gasteiger partial charge in [-0.1, -0.05) is 5.21 Å². The van der Waals surface area contributed by atoms with Crippen LogP contribution < -0.4 is 0 Å². The van der Waals surface area contributed by atoms with Crippen LogP contribution in [0.5, 0.6) is 0 Å². The molecule has 0 aliphatic heterocycles. The first kappa shape index (κ1) is 12.6. The van der Waals surface area contributed by atoms with Gasteiger partial charge in [-0.2, -0.15) is 18.4 Å². The van der Waals surface area contributed by atoms with E-state index in [1.807, 2.05) is 5.21 Å². The van der Waals surface area contributed by atoms with E-state index in [9.17, 15) is 18.3 Å². The number of aromatic nitrogens is 4. The third-order valence-corrected chi connectivity index (χ3v) is 2.42. The highest BCUT2D eigenvalue weighted by Crippen LogP contribution is 2.41. The van der Waals surface area contributed by atoms with Gasteiger partial charge in [-0.05, 0) is 19.1 Å². The van der Waals surface area contributed by atoms with Crippen LogP contribution in [-0.4, -0.2) is 31.9 Å². The summed E-state index contributed by atoms with van der Waals surface area (Å²) in [5.41, 5.74) is -3.18. The number of rotatable bonds is 3. The maximum absolute atomic E-state index is 13.0. The number of hydrogen-bond acceptors (Lipinski definition) is 5. The molecule has 0 unspecified atom stereocenters. The zero-order valence-electron chi connectivity index (χ0n) is 9.19. The SMILES string of the molecule is Cc1ccc([C@](O)(Cc2nn[nH]n2)C(F)(F)F)o1. The summed E-state index contributed by atoms with van der Waals surface area (Å²) in [6, 6.07) is 2.41. The Labute approximate surface area is 98.8 Å². The van der Waals surface area contributed by atoms with Gasteiger partial charge in [0.15, 0.2) is 5.82 Å². The second kappa shape index (κ2) is 4.09. The number of H-pyrrole nitrogens is 1. The summed E-state index contributed by atoms with van der Waals surface area (Å²) < 4.78 is 43.9. The minimum absolute atomic E-state index is 0.260. The van der Waals surface area contributed by atoms with E-state index in [2.05, 4.69) is 15.4 Å². The van der Waals surface area contributed by atoms with E-state index in [-0.39, 0.29) is 11.6 Å². The number of tetrazole rings is 1. The smallest absolute Gasteiger partial charge is 0.425 e. The van der Waals surface area contributed by atoms with Crippen molar-refractivity contribution in [3.05, 3.63) is 29.5 Å². The Morgan fingerprint density at radius 2 is 2.11 bits per heavy atom. The van der Waals surface area contributed by atoms with Crippen molar-refractivity contribution in [2.24, 2.45) is 0 Å². The molecule has 2 aromatic heterocycles. The lowest BCUT2D eigenvalue weighted by atomic mass is 9.95. The molecule has 2 N–H and O–H groups in total. The van der Waals surface area contributed by atoms with Crippen molar-refractivity contribution in [3.63, 3.8) is 0 Å². The maximum atomic E-state index is 13.0. The van der Waals surface area contributed by atoms with Gasteiger partial charge in [0, 0.05) is 0 Å². The molecule has 0 spiro atoms. The lowest BCUT2D eigenvalue weighted by molar-refractivity contribution is -0.272. The normalized spacial score (nSPS) is 15.6. The van der Waals surface area contributed by atoms with Gasteiger partial charge in [0.05, 0.1) is 6.42 Å². The molecular weight excluding hydrogens is 253 g/mol. The lowest BCUT2D eigenvalue weighted by Gasteiger charge is -2.27. The predicted molar refractivity (Wildman–Crippen MR) is 51.3 cm³/mol. The van der Waals surface area contributed by atoms with Gasteiger partial charge in [-0.25, -0.2) is 0 Å². The van der Waals surface area contributed by atoms with Crippen LogP contribution in [0.4, 0.5) is 13.2 Å². The number of nitrogens with one attached hydrogen (secondary N) is 1. The van der Waals surface area contributed by atoms with Gasteiger partial charge < -0.3 is 9.52 Å². The molecule has 0 saturated heterocycles. The number of aryl methyl sites for hydroxylation is 1. The molecule has 0 bridgehead atoms. The average Bonchev–Trinajstić information content (AvgIpc) is 2.87. The van der Waals surface area contributed by atoms with E-state index >= 15 is 0 Å². The molecule has 9 heteroatoms. The van der Waals surface area contributed by atoms with E-state index in [0.29, 0.717) is 0 Å². The molecule has 0 radical (unpaired) electrons. The molecule has 0 saturated carbocycles. The molecule has 2 heterocycles. The topological polar surface area (TPSA) is 87.8 Å². The number of aliphatic hydroxyl groups is 1. The van der Waals surface area contributed by atoms with Gasteiger partial charge in [-0.3, -0.25) is 0 Å². The number of halogens is 3. The summed E-state index contributed by atoms with van der Waals surface area (Å²) in [5, 5.41) is 21.8. The van der Waals surface area contributed by atoms with Crippen LogP contribution in [-0.2, 0) is 12.0 Å². The zero-order chi connectivity index (χ0) is 13.4. The summed E-state index contributed by atoms with van der Waals surface area (Å²) in [5.74, 6) is -0.595. The second-order valence-electron chi connectivity index (χ2n) is 3.77. The van der Waals surface area contributed by atoms with E-state index in [0.717, 1.165) is 6.07 Å². The predicted octanol–water partition coefficient (Wildman–Crippen LogP) is 1.09. The Morgan fingerprint density at radius 1 is 1.39 bits per heavy atom. The summed E-state index contributed by atoms with van der Waals surface area (Å²) in [6.45, 7) is 1.48. The van der Waals surface area contributed by atoms with Crippen LogP contribution >= 0.6 is 0 Å². The van der Waals surface area contributed by atoms with Crippen molar-refractivity contribution in [1.29, 1.82) is 0 Å². The van der Waals surface area contributed by atoms with Gasteiger partial charge in [0.1, 0.15) is 11.5 Å². The Hall–Kier alpha value is -1.90. The third-order valence-electron chi connectivity index (χ3n) is 2.42. The number of furan rings is 1. The minimum atomic E-state index is -4.92. The van der Waals surface area contributed by atoms with Gasteiger partial charge in [-0.15, -0.1) is 10.2 Å². The molecule has 6 nitrogen and oxygen atoms in total. The summed E-state index contributed by atoms with van der Waals surface area (Å²) in [6.07, 6.45) is -5.79. The number of hydrogen-bond donors (Lipinski definition) is 2. The number of alkyl halides is 3. The standard InChI is InChI=1S/C9H9F3N4O2/c1-5-2-3-6(18-5)8(17,9(10,11)12)4-7-13-15-16-14-7/h2-3,17H,4H2,1H3,(H,13,14,15,16)/t8-/m1/s1. The molecule has 0 aromatic carbocycles. The maximum Gasteiger partial charge on any atom is 0.425 e. The van der Waals surface area contributed by atoms with Crippen molar-refractivity contribution in [2.75, 3.05) is 0 Å². The van der Waals surface area contributed by atoms with Crippen LogP contribution in [0, 0.1) is 6.92 Å². The van der Waals surface area contributed by atoms with Gasteiger partial charge in [0.25, 0.3) is 0 Å². The highest BCUT2D eigenvalue weighted by Gasteiger charge is 2.58. The highest BCUT2D eigenvalue weighted by atomic mass is 19.4. The summed E-state index contributed by atoms with van der Waals surface area (Å²) in [4.78, 5) is 0. The van der Waals surface area contributed by atoms with E-state index < -0.39 is 24.0 Å². The second-order valence-corrected chi connectivity index (χ2v) is 3.77. The quantitative estimate of drug-likeness (QED) is 0.864. The molecule has 98 valence electrons. The van der Waals surface area contributed by atoms with Crippen molar-refractivity contribution in [3.8, 4) is 0 Å². The fraction of sp³-hybridized carbons (Fsp3) is 0.444. The number of aromatic amines is 1. The van der Waals surface area contributed by atoms with Gasteiger partial charge in [0.2, 0.25) is 5.60 Å². The molecule has 0 aliphatic rings. The molecule has 1 atom stereocenters. The monoisotopic (exact) mass is 262 g/mol. The van der Waals surface area contributed by atoms with Crippen LogP contribution in [0.3, 0.4) is 0 Å². The Balaban J connectivity index is 2.41. The lowest BCUT2D eigenvalue weighted by Crippen LogP contribution is -2.44. The van der Waals surface area contributed by atoms with Crippen molar-refractivity contribution >= 4 is 0 Å². The molecule has 0 fully saturated rings. The first-order valence-electron chi connectivity index (χ1n) is 4.91. The Bertz CT molecular complexity index is 522. The van der Waals surface area contributed by atoms with E-state index in [4.69, 9.17) is 4.42 Å². The van der Waals surface area contributed by atoms with Crippen LogP contribution in [0.2, 0.25) is 0 Å². The first-order valence-corrected chi connectivity index (χ1v) is 4.91. The Morgan fingerprint density at radius 3 is 2.56 bits per heavy atom. The fourth-order valence-electron chi connectivity index (χ4n) is 1.47. The molecular formula is C9H9F3N4O2. The van der Waals surface area contributed by atoms with Crippen molar-refractivity contribution in [1.82, 2.24) is 20.6 Å². The van der Waals surface area contributed by atoms with E-state index in [1.165, 1.54) is 13.0 Å². The largest absolute Gasteiger partial charge is 0.463 e. The molecule has 2 rings (SSSR count). The molecule has 2 aromatic rings.